The zero-order valence-corrected chi connectivity index (χ0v) is 11.0. The van der Waals surface area contributed by atoms with E-state index in [1.807, 2.05) is 6.92 Å². The fourth-order valence-electron chi connectivity index (χ4n) is 1.41. The first-order valence-electron chi connectivity index (χ1n) is 6.52. The van der Waals surface area contributed by atoms with E-state index in [1.54, 1.807) is 0 Å². The molecule has 0 aliphatic rings. The lowest BCUT2D eigenvalue weighted by Crippen LogP contribution is -2.18. The molecule has 0 aromatic carbocycles. The Hall–Kier alpha value is -0.860. The summed E-state index contributed by atoms with van der Waals surface area (Å²) in [6.45, 7) is 6.29. The first-order valence-corrected chi connectivity index (χ1v) is 6.52. The number of carbonyl (C=O) groups excluding carboxylic acids is 1. The number of amides is 1. The molecular formula is C13H26N2O. The molecule has 0 saturated heterocycles. The van der Waals surface area contributed by atoms with E-state index in [-0.39, 0.29) is 5.91 Å². The van der Waals surface area contributed by atoms with E-state index in [2.05, 4.69) is 24.4 Å². The van der Waals surface area contributed by atoms with Gasteiger partial charge in [-0.05, 0) is 26.2 Å². The van der Waals surface area contributed by atoms with Gasteiger partial charge in [0, 0.05) is 12.1 Å². The summed E-state index contributed by atoms with van der Waals surface area (Å²) < 4.78 is 0. The SMILES string of the molecule is CCCCCCC(=O)N/N=C(\C)CCCC. The van der Waals surface area contributed by atoms with Crippen LogP contribution in [-0.2, 0) is 4.79 Å². The first-order chi connectivity index (χ1) is 7.70. The molecule has 0 atom stereocenters. The van der Waals surface area contributed by atoms with Crippen LogP contribution in [0.1, 0.15) is 72.1 Å². The largest absolute Gasteiger partial charge is 0.273 e. The quantitative estimate of drug-likeness (QED) is 0.364. The minimum atomic E-state index is 0.0481. The van der Waals surface area contributed by atoms with Crippen molar-refractivity contribution in [1.29, 1.82) is 0 Å². The molecule has 0 fully saturated rings. The standard InChI is InChI=1S/C13H26N2O/c1-4-6-8-9-11-13(16)15-14-12(3)10-7-5-2/h4-11H2,1-3H3,(H,15,16)/b14-12+. The van der Waals surface area contributed by atoms with Crippen molar-refractivity contribution in [2.24, 2.45) is 5.10 Å². The summed E-state index contributed by atoms with van der Waals surface area (Å²) in [4.78, 5) is 11.4. The zero-order valence-electron chi connectivity index (χ0n) is 11.0. The van der Waals surface area contributed by atoms with Gasteiger partial charge in [0.15, 0.2) is 0 Å². The molecule has 0 spiro atoms. The highest BCUT2D eigenvalue weighted by molar-refractivity contribution is 5.84. The number of unbranched alkanes of at least 4 members (excludes halogenated alkanes) is 4. The number of nitrogens with one attached hydrogen (secondary N) is 1. The number of hydrogen-bond acceptors (Lipinski definition) is 2. The number of rotatable bonds is 9. The van der Waals surface area contributed by atoms with Crippen LogP contribution in [0.25, 0.3) is 0 Å². The molecule has 0 rings (SSSR count). The van der Waals surface area contributed by atoms with Gasteiger partial charge in [-0.3, -0.25) is 4.79 Å². The lowest BCUT2D eigenvalue weighted by molar-refractivity contribution is -0.121. The van der Waals surface area contributed by atoms with E-state index in [1.165, 1.54) is 12.8 Å². The molecule has 94 valence electrons. The average molecular weight is 226 g/mol. The highest BCUT2D eigenvalue weighted by Crippen LogP contribution is 2.02. The van der Waals surface area contributed by atoms with Crippen LogP contribution < -0.4 is 5.43 Å². The summed E-state index contributed by atoms with van der Waals surface area (Å²) in [7, 11) is 0. The number of carbonyl (C=O) groups is 1. The number of nitrogens with zero attached hydrogens (tertiary/aromatic N) is 1. The van der Waals surface area contributed by atoms with Crippen molar-refractivity contribution in [3.63, 3.8) is 0 Å². The van der Waals surface area contributed by atoms with Crippen molar-refractivity contribution in [2.75, 3.05) is 0 Å². The van der Waals surface area contributed by atoms with Crippen molar-refractivity contribution in [1.82, 2.24) is 5.43 Å². The van der Waals surface area contributed by atoms with Gasteiger partial charge >= 0.3 is 0 Å². The molecule has 16 heavy (non-hydrogen) atoms. The van der Waals surface area contributed by atoms with Crippen LogP contribution in [0, 0.1) is 0 Å². The molecule has 1 N–H and O–H groups in total. The summed E-state index contributed by atoms with van der Waals surface area (Å²) in [6, 6.07) is 0. The lowest BCUT2D eigenvalue weighted by Gasteiger charge is -2.02. The first kappa shape index (κ1) is 15.1. The second-order valence-electron chi connectivity index (χ2n) is 4.30. The van der Waals surface area contributed by atoms with E-state index in [4.69, 9.17) is 0 Å². The smallest absolute Gasteiger partial charge is 0.240 e. The topological polar surface area (TPSA) is 41.5 Å². The Morgan fingerprint density at radius 2 is 1.69 bits per heavy atom. The highest BCUT2D eigenvalue weighted by atomic mass is 16.2. The third-order valence-electron chi connectivity index (χ3n) is 2.52. The van der Waals surface area contributed by atoms with Gasteiger partial charge in [0.2, 0.25) is 5.91 Å². The van der Waals surface area contributed by atoms with Crippen LogP contribution in [-0.4, -0.2) is 11.6 Å². The minimum absolute atomic E-state index is 0.0481. The molecule has 0 aliphatic heterocycles. The summed E-state index contributed by atoms with van der Waals surface area (Å²) >= 11 is 0. The van der Waals surface area contributed by atoms with Gasteiger partial charge in [-0.2, -0.15) is 5.10 Å². The van der Waals surface area contributed by atoms with Crippen LogP contribution in [0.2, 0.25) is 0 Å². The van der Waals surface area contributed by atoms with Crippen molar-refractivity contribution >= 4 is 11.6 Å². The van der Waals surface area contributed by atoms with Crippen LogP contribution in [0.3, 0.4) is 0 Å². The Labute approximate surface area is 99.7 Å². The Bertz CT molecular complexity index is 212. The second-order valence-corrected chi connectivity index (χ2v) is 4.30. The average Bonchev–Trinajstić information content (AvgIpc) is 2.29. The van der Waals surface area contributed by atoms with Crippen LogP contribution >= 0.6 is 0 Å². The van der Waals surface area contributed by atoms with E-state index in [0.29, 0.717) is 6.42 Å². The predicted octanol–water partition coefficient (Wildman–Crippen LogP) is 3.64. The monoisotopic (exact) mass is 226 g/mol. The Balaban J connectivity index is 3.55. The van der Waals surface area contributed by atoms with Crippen LogP contribution in [0.4, 0.5) is 0 Å². The van der Waals surface area contributed by atoms with Gasteiger partial charge in [-0.1, -0.05) is 39.5 Å². The molecule has 1 amide bonds. The molecule has 0 heterocycles. The van der Waals surface area contributed by atoms with Crippen LogP contribution in [0.15, 0.2) is 5.10 Å². The maximum Gasteiger partial charge on any atom is 0.240 e. The molecule has 0 radical (unpaired) electrons. The normalized spacial score (nSPS) is 11.6. The number of hydrazone groups is 1. The molecule has 3 heteroatoms. The minimum Gasteiger partial charge on any atom is -0.273 e. The summed E-state index contributed by atoms with van der Waals surface area (Å²) in [6.07, 6.45) is 8.42. The van der Waals surface area contributed by atoms with Crippen LogP contribution in [0.5, 0.6) is 0 Å². The summed E-state index contributed by atoms with van der Waals surface area (Å²) in [5, 5.41) is 4.08. The second kappa shape index (κ2) is 10.7. The van der Waals surface area contributed by atoms with Gasteiger partial charge in [-0.25, -0.2) is 5.43 Å². The van der Waals surface area contributed by atoms with Crippen molar-refractivity contribution in [2.45, 2.75) is 72.1 Å². The van der Waals surface area contributed by atoms with E-state index >= 15 is 0 Å². The van der Waals surface area contributed by atoms with E-state index < -0.39 is 0 Å². The summed E-state index contributed by atoms with van der Waals surface area (Å²) in [5.41, 5.74) is 3.63. The fourth-order valence-corrected chi connectivity index (χ4v) is 1.41. The van der Waals surface area contributed by atoms with E-state index in [9.17, 15) is 4.79 Å². The predicted molar refractivity (Wildman–Crippen MR) is 69.5 cm³/mol. The van der Waals surface area contributed by atoms with E-state index in [0.717, 1.165) is 37.8 Å². The molecule has 0 saturated carbocycles. The zero-order chi connectivity index (χ0) is 12.2. The molecule has 0 unspecified atom stereocenters. The fraction of sp³-hybridized carbons (Fsp3) is 0.846. The van der Waals surface area contributed by atoms with Crippen molar-refractivity contribution < 1.29 is 4.79 Å². The molecular weight excluding hydrogens is 200 g/mol. The van der Waals surface area contributed by atoms with Gasteiger partial charge in [-0.15, -0.1) is 0 Å². The highest BCUT2D eigenvalue weighted by Gasteiger charge is 1.99. The summed E-state index contributed by atoms with van der Waals surface area (Å²) in [5.74, 6) is 0.0481. The molecule has 0 bridgehead atoms. The molecule has 0 aliphatic carbocycles. The van der Waals surface area contributed by atoms with Gasteiger partial charge < -0.3 is 0 Å². The molecule has 3 nitrogen and oxygen atoms in total. The lowest BCUT2D eigenvalue weighted by atomic mass is 10.1. The maximum absolute atomic E-state index is 11.4. The third-order valence-corrected chi connectivity index (χ3v) is 2.52. The Morgan fingerprint density at radius 3 is 2.31 bits per heavy atom. The third kappa shape index (κ3) is 9.69. The molecule has 0 aromatic rings. The van der Waals surface area contributed by atoms with Crippen molar-refractivity contribution in [3.05, 3.63) is 0 Å². The Kier molecular flexibility index (Phi) is 10.1. The van der Waals surface area contributed by atoms with Gasteiger partial charge in [0.1, 0.15) is 0 Å². The maximum atomic E-state index is 11.4. The number of hydrogen-bond donors (Lipinski definition) is 1. The van der Waals surface area contributed by atoms with Gasteiger partial charge in [0.05, 0.1) is 0 Å². The van der Waals surface area contributed by atoms with Gasteiger partial charge in [0.25, 0.3) is 0 Å². The van der Waals surface area contributed by atoms with Crippen molar-refractivity contribution in [3.8, 4) is 0 Å². The molecule has 0 aromatic heterocycles. The Morgan fingerprint density at radius 1 is 1.00 bits per heavy atom.